The summed E-state index contributed by atoms with van der Waals surface area (Å²) in [7, 11) is 0. The molecule has 2 rings (SSSR count). The predicted octanol–water partition coefficient (Wildman–Crippen LogP) is 4.84. The van der Waals surface area contributed by atoms with Crippen LogP contribution in [0.3, 0.4) is 0 Å². The summed E-state index contributed by atoms with van der Waals surface area (Å²) in [4.78, 5) is 16.8. The molecule has 24 heavy (non-hydrogen) atoms. The molecular weight excluding hydrogens is 298 g/mol. The Kier molecular flexibility index (Phi) is 5.60. The average Bonchev–Trinajstić information content (AvgIpc) is 2.55. The van der Waals surface area contributed by atoms with Crippen LogP contribution in [0.25, 0.3) is 0 Å². The molecule has 4 heteroatoms. The number of hydrogen-bond donors (Lipinski definition) is 2. The monoisotopic (exact) mass is 325 g/mol. The van der Waals surface area contributed by atoms with E-state index in [1.807, 2.05) is 30.3 Å². The molecule has 0 bridgehead atoms. The summed E-state index contributed by atoms with van der Waals surface area (Å²) in [5.74, 6) is -0.193. The maximum absolute atomic E-state index is 12.5. The van der Waals surface area contributed by atoms with E-state index in [0.29, 0.717) is 11.7 Å². The molecule has 1 aromatic carbocycles. The van der Waals surface area contributed by atoms with E-state index in [1.54, 1.807) is 12.3 Å². The van der Waals surface area contributed by atoms with Gasteiger partial charge in [-0.25, -0.2) is 4.98 Å². The van der Waals surface area contributed by atoms with Crippen LogP contribution in [0.4, 0.5) is 11.4 Å². The van der Waals surface area contributed by atoms with Crippen LogP contribution in [-0.4, -0.2) is 16.9 Å². The Labute approximate surface area is 144 Å². The number of anilines is 2. The van der Waals surface area contributed by atoms with Gasteiger partial charge in [0.15, 0.2) is 0 Å². The van der Waals surface area contributed by atoms with Gasteiger partial charge in [-0.3, -0.25) is 4.79 Å². The molecule has 4 nitrogen and oxygen atoms in total. The van der Waals surface area contributed by atoms with Gasteiger partial charge in [-0.15, -0.1) is 0 Å². The SMILES string of the molecule is CCC(C)Nc1ccc(C(=O)Nc2ccccc2C(C)(C)C)nc1. The fraction of sp³-hybridized carbons (Fsp3) is 0.400. The molecule has 0 aliphatic rings. The molecule has 1 atom stereocenters. The van der Waals surface area contributed by atoms with Crippen molar-refractivity contribution in [3.63, 3.8) is 0 Å². The summed E-state index contributed by atoms with van der Waals surface area (Å²) in [6.07, 6.45) is 2.74. The molecule has 0 radical (unpaired) electrons. The normalized spacial score (nSPS) is 12.5. The van der Waals surface area contributed by atoms with Gasteiger partial charge in [0.2, 0.25) is 0 Å². The number of nitrogens with one attached hydrogen (secondary N) is 2. The highest BCUT2D eigenvalue weighted by atomic mass is 16.1. The third-order valence-electron chi connectivity index (χ3n) is 4.00. The molecule has 0 aliphatic heterocycles. The summed E-state index contributed by atoms with van der Waals surface area (Å²) in [5.41, 5.74) is 3.23. The van der Waals surface area contributed by atoms with Crippen LogP contribution in [0.2, 0.25) is 0 Å². The summed E-state index contributed by atoms with van der Waals surface area (Å²) < 4.78 is 0. The van der Waals surface area contributed by atoms with Crippen molar-refractivity contribution in [3.05, 3.63) is 53.9 Å². The summed E-state index contributed by atoms with van der Waals surface area (Å²) in [6, 6.07) is 11.9. The van der Waals surface area contributed by atoms with E-state index in [-0.39, 0.29) is 11.3 Å². The molecule has 0 spiro atoms. The van der Waals surface area contributed by atoms with Crippen molar-refractivity contribution < 1.29 is 4.79 Å². The van der Waals surface area contributed by atoms with Gasteiger partial charge in [0.25, 0.3) is 5.91 Å². The topological polar surface area (TPSA) is 54.0 Å². The summed E-state index contributed by atoms with van der Waals surface area (Å²) in [6.45, 7) is 10.6. The highest BCUT2D eigenvalue weighted by Gasteiger charge is 2.19. The number of nitrogens with zero attached hydrogens (tertiary/aromatic N) is 1. The summed E-state index contributed by atoms with van der Waals surface area (Å²) in [5, 5.41) is 6.33. The molecule has 0 aliphatic carbocycles. The van der Waals surface area contributed by atoms with E-state index in [4.69, 9.17) is 0 Å². The Bertz CT molecular complexity index is 687. The zero-order chi connectivity index (χ0) is 17.7. The number of carbonyl (C=O) groups excluding carboxylic acids is 1. The van der Waals surface area contributed by atoms with Crippen molar-refractivity contribution in [2.75, 3.05) is 10.6 Å². The van der Waals surface area contributed by atoms with Gasteiger partial charge in [-0.05, 0) is 42.5 Å². The largest absolute Gasteiger partial charge is 0.381 e. The van der Waals surface area contributed by atoms with E-state index in [1.165, 1.54) is 0 Å². The standard InChI is InChI=1S/C20H27N3O/c1-6-14(2)22-15-11-12-18(21-13-15)19(24)23-17-10-8-7-9-16(17)20(3,4)5/h7-14,22H,6H2,1-5H3,(H,23,24). The number of hydrogen-bond acceptors (Lipinski definition) is 3. The number of pyridine rings is 1. The van der Waals surface area contributed by atoms with Gasteiger partial charge in [0.1, 0.15) is 5.69 Å². The molecular formula is C20H27N3O. The van der Waals surface area contributed by atoms with Gasteiger partial charge in [-0.2, -0.15) is 0 Å². The molecule has 1 aromatic heterocycles. The second-order valence-corrected chi connectivity index (χ2v) is 7.14. The quantitative estimate of drug-likeness (QED) is 0.827. The first-order valence-electron chi connectivity index (χ1n) is 8.44. The van der Waals surface area contributed by atoms with Gasteiger partial charge in [-0.1, -0.05) is 45.9 Å². The van der Waals surface area contributed by atoms with Crippen LogP contribution in [0.15, 0.2) is 42.6 Å². The number of amides is 1. The Morgan fingerprint density at radius 1 is 1.17 bits per heavy atom. The lowest BCUT2D eigenvalue weighted by atomic mass is 9.86. The van der Waals surface area contributed by atoms with Crippen molar-refractivity contribution >= 4 is 17.3 Å². The van der Waals surface area contributed by atoms with E-state index >= 15 is 0 Å². The molecule has 1 heterocycles. The Hall–Kier alpha value is -2.36. The number of benzene rings is 1. The number of rotatable bonds is 5. The zero-order valence-corrected chi connectivity index (χ0v) is 15.2. The van der Waals surface area contributed by atoms with Crippen LogP contribution < -0.4 is 10.6 Å². The maximum Gasteiger partial charge on any atom is 0.274 e. The van der Waals surface area contributed by atoms with Crippen LogP contribution in [0.5, 0.6) is 0 Å². The Balaban J connectivity index is 2.14. The van der Waals surface area contributed by atoms with Gasteiger partial charge in [0, 0.05) is 11.7 Å². The van der Waals surface area contributed by atoms with Crippen molar-refractivity contribution in [1.82, 2.24) is 4.98 Å². The van der Waals surface area contributed by atoms with Crippen molar-refractivity contribution in [2.45, 2.75) is 52.5 Å². The Morgan fingerprint density at radius 2 is 1.88 bits per heavy atom. The maximum atomic E-state index is 12.5. The second kappa shape index (κ2) is 7.47. The van der Waals surface area contributed by atoms with Crippen molar-refractivity contribution in [3.8, 4) is 0 Å². The molecule has 0 fully saturated rings. The first kappa shape index (κ1) is 18.0. The van der Waals surface area contributed by atoms with E-state index in [9.17, 15) is 4.79 Å². The lowest BCUT2D eigenvalue weighted by molar-refractivity contribution is 0.102. The Morgan fingerprint density at radius 3 is 2.46 bits per heavy atom. The molecule has 0 saturated carbocycles. The minimum absolute atomic E-state index is 0.0403. The number of carbonyl (C=O) groups is 1. The molecule has 1 unspecified atom stereocenters. The minimum atomic E-state index is -0.193. The molecule has 2 aromatic rings. The lowest BCUT2D eigenvalue weighted by Crippen LogP contribution is -2.19. The number of aromatic nitrogens is 1. The van der Waals surface area contributed by atoms with Crippen LogP contribution >= 0.6 is 0 Å². The molecule has 2 N–H and O–H groups in total. The van der Waals surface area contributed by atoms with E-state index < -0.39 is 0 Å². The fourth-order valence-corrected chi connectivity index (χ4v) is 2.43. The van der Waals surface area contributed by atoms with Gasteiger partial charge >= 0.3 is 0 Å². The smallest absolute Gasteiger partial charge is 0.274 e. The molecule has 128 valence electrons. The van der Waals surface area contributed by atoms with Gasteiger partial charge in [0.05, 0.1) is 11.9 Å². The highest BCUT2D eigenvalue weighted by molar-refractivity contribution is 6.03. The van der Waals surface area contributed by atoms with Crippen LogP contribution in [0, 0.1) is 0 Å². The lowest BCUT2D eigenvalue weighted by Gasteiger charge is -2.22. The van der Waals surface area contributed by atoms with E-state index in [2.05, 4.69) is 50.2 Å². The fourth-order valence-electron chi connectivity index (χ4n) is 2.43. The summed E-state index contributed by atoms with van der Waals surface area (Å²) >= 11 is 0. The van der Waals surface area contributed by atoms with E-state index in [0.717, 1.165) is 23.4 Å². The first-order valence-corrected chi connectivity index (χ1v) is 8.44. The second-order valence-electron chi connectivity index (χ2n) is 7.14. The average molecular weight is 325 g/mol. The van der Waals surface area contributed by atoms with Gasteiger partial charge < -0.3 is 10.6 Å². The molecule has 0 saturated heterocycles. The number of para-hydroxylation sites is 1. The third-order valence-corrected chi connectivity index (χ3v) is 4.00. The predicted molar refractivity (Wildman–Crippen MR) is 101 cm³/mol. The molecule has 1 amide bonds. The van der Waals surface area contributed by atoms with Crippen molar-refractivity contribution in [1.29, 1.82) is 0 Å². The van der Waals surface area contributed by atoms with Crippen LogP contribution in [-0.2, 0) is 5.41 Å². The third kappa shape index (κ3) is 4.57. The van der Waals surface area contributed by atoms with Crippen LogP contribution in [0.1, 0.15) is 57.1 Å². The highest BCUT2D eigenvalue weighted by Crippen LogP contribution is 2.29. The zero-order valence-electron chi connectivity index (χ0n) is 15.2. The minimum Gasteiger partial charge on any atom is -0.381 e. The first-order chi connectivity index (χ1) is 11.3. The van der Waals surface area contributed by atoms with Crippen molar-refractivity contribution in [2.24, 2.45) is 0 Å².